The van der Waals surface area contributed by atoms with Gasteiger partial charge < -0.3 is 0 Å². The van der Waals surface area contributed by atoms with Gasteiger partial charge in [0.05, 0.1) is 17.3 Å². The molecule has 0 radical (unpaired) electrons. The molecule has 0 fully saturated rings. The van der Waals surface area contributed by atoms with Crippen molar-refractivity contribution in [1.29, 1.82) is 0 Å². The van der Waals surface area contributed by atoms with E-state index in [0.717, 1.165) is 17.0 Å². The first-order valence-corrected chi connectivity index (χ1v) is 4.72. The van der Waals surface area contributed by atoms with Crippen LogP contribution in [0.2, 0.25) is 0 Å². The fraction of sp³-hybridized carbons (Fsp3) is 0.100. The van der Waals surface area contributed by atoms with E-state index in [1.165, 1.54) is 0 Å². The van der Waals surface area contributed by atoms with Crippen LogP contribution in [-0.4, -0.2) is 15.2 Å². The lowest BCUT2D eigenvalue weighted by Gasteiger charge is -1.98. The summed E-state index contributed by atoms with van der Waals surface area (Å²) >= 11 is 5.61. The number of nitrogens with zero attached hydrogens (tertiary/aromatic N) is 3. The van der Waals surface area contributed by atoms with E-state index < -0.39 is 0 Å². The molecule has 2 rings (SSSR count). The van der Waals surface area contributed by atoms with Gasteiger partial charge in [0.2, 0.25) is 0 Å². The van der Waals surface area contributed by atoms with Crippen molar-refractivity contribution in [1.82, 2.24) is 15.2 Å². The molecule has 2 aromatic heterocycles. The third kappa shape index (κ3) is 1.88. The van der Waals surface area contributed by atoms with Gasteiger partial charge in [-0.3, -0.25) is 4.98 Å². The predicted molar refractivity (Wildman–Crippen MR) is 54.8 cm³/mol. The van der Waals surface area contributed by atoms with Gasteiger partial charge in [-0.15, -0.1) is 11.6 Å². The molecule has 0 atom stereocenters. The van der Waals surface area contributed by atoms with E-state index in [0.29, 0.717) is 5.88 Å². The van der Waals surface area contributed by atoms with E-state index >= 15 is 0 Å². The Morgan fingerprint density at radius 1 is 1.14 bits per heavy atom. The van der Waals surface area contributed by atoms with Crippen LogP contribution in [0.15, 0.2) is 36.7 Å². The zero-order valence-corrected chi connectivity index (χ0v) is 8.15. The summed E-state index contributed by atoms with van der Waals surface area (Å²) in [4.78, 5) is 4.01. The maximum absolute atomic E-state index is 5.61. The molecule has 0 spiro atoms. The lowest BCUT2D eigenvalue weighted by atomic mass is 10.2. The van der Waals surface area contributed by atoms with Crippen LogP contribution >= 0.6 is 11.6 Å². The van der Waals surface area contributed by atoms with Crippen LogP contribution in [0.4, 0.5) is 0 Å². The summed E-state index contributed by atoms with van der Waals surface area (Å²) < 4.78 is 0. The first kappa shape index (κ1) is 9.09. The first-order valence-electron chi connectivity index (χ1n) is 4.19. The molecule has 0 aromatic carbocycles. The van der Waals surface area contributed by atoms with Gasteiger partial charge >= 0.3 is 0 Å². The third-order valence-electron chi connectivity index (χ3n) is 1.81. The van der Waals surface area contributed by atoms with E-state index in [-0.39, 0.29) is 0 Å². The minimum Gasteiger partial charge on any atom is -0.264 e. The second-order valence-electron chi connectivity index (χ2n) is 2.79. The normalized spacial score (nSPS) is 10.1. The molecule has 4 heteroatoms. The van der Waals surface area contributed by atoms with Gasteiger partial charge in [0.1, 0.15) is 0 Å². The molecular formula is C10H8ClN3. The van der Waals surface area contributed by atoms with Crippen LogP contribution in [0.3, 0.4) is 0 Å². The third-order valence-corrected chi connectivity index (χ3v) is 2.09. The quantitative estimate of drug-likeness (QED) is 0.706. The zero-order chi connectivity index (χ0) is 9.80. The second-order valence-corrected chi connectivity index (χ2v) is 3.05. The van der Waals surface area contributed by atoms with Crippen LogP contribution in [0.5, 0.6) is 0 Å². The lowest BCUT2D eigenvalue weighted by Crippen LogP contribution is -1.91. The molecule has 14 heavy (non-hydrogen) atoms. The molecule has 2 aromatic rings. The van der Waals surface area contributed by atoms with Gasteiger partial charge in [0.15, 0.2) is 0 Å². The number of rotatable bonds is 2. The highest BCUT2D eigenvalue weighted by Crippen LogP contribution is 2.14. The summed E-state index contributed by atoms with van der Waals surface area (Å²) in [7, 11) is 0. The molecule has 0 aliphatic heterocycles. The smallest absolute Gasteiger partial charge is 0.0945 e. The first-order chi connectivity index (χ1) is 6.90. The Balaban J connectivity index is 2.34. The Bertz CT molecular complexity index is 399. The standard InChI is InChI=1S/C10H8ClN3/c11-6-9-3-4-10(14-13-9)8-2-1-5-12-7-8/h1-5,7H,6H2. The van der Waals surface area contributed by atoms with Crippen molar-refractivity contribution in [3.8, 4) is 11.3 Å². The molecule has 0 bridgehead atoms. The van der Waals surface area contributed by atoms with E-state index in [4.69, 9.17) is 11.6 Å². The zero-order valence-electron chi connectivity index (χ0n) is 7.39. The number of aromatic nitrogens is 3. The van der Waals surface area contributed by atoms with Crippen molar-refractivity contribution >= 4 is 11.6 Å². The van der Waals surface area contributed by atoms with Crippen LogP contribution in [-0.2, 0) is 5.88 Å². The van der Waals surface area contributed by atoms with Crippen LogP contribution in [0.25, 0.3) is 11.3 Å². The molecule has 0 aliphatic carbocycles. The van der Waals surface area contributed by atoms with Crippen molar-refractivity contribution in [3.63, 3.8) is 0 Å². The minimum absolute atomic E-state index is 0.389. The van der Waals surface area contributed by atoms with Crippen LogP contribution in [0.1, 0.15) is 5.69 Å². The van der Waals surface area contributed by atoms with Crippen LogP contribution < -0.4 is 0 Å². The highest BCUT2D eigenvalue weighted by atomic mass is 35.5. The van der Waals surface area contributed by atoms with E-state index in [9.17, 15) is 0 Å². The highest BCUT2D eigenvalue weighted by Gasteiger charge is 1.99. The van der Waals surface area contributed by atoms with E-state index in [1.807, 2.05) is 24.3 Å². The second kappa shape index (κ2) is 4.15. The van der Waals surface area contributed by atoms with Crippen molar-refractivity contribution < 1.29 is 0 Å². The molecule has 70 valence electrons. The average molecular weight is 206 g/mol. The summed E-state index contributed by atoms with van der Waals surface area (Å²) in [6.07, 6.45) is 3.48. The molecule has 0 amide bonds. The topological polar surface area (TPSA) is 38.7 Å². The van der Waals surface area contributed by atoms with E-state index in [2.05, 4.69) is 15.2 Å². The van der Waals surface area contributed by atoms with Crippen molar-refractivity contribution in [3.05, 3.63) is 42.4 Å². The highest BCUT2D eigenvalue weighted by molar-refractivity contribution is 6.16. The summed E-state index contributed by atoms with van der Waals surface area (Å²) in [6, 6.07) is 7.56. The fourth-order valence-corrected chi connectivity index (χ4v) is 1.24. The van der Waals surface area contributed by atoms with Crippen molar-refractivity contribution in [2.45, 2.75) is 5.88 Å². The van der Waals surface area contributed by atoms with Crippen molar-refractivity contribution in [2.24, 2.45) is 0 Å². The van der Waals surface area contributed by atoms with Crippen molar-refractivity contribution in [2.75, 3.05) is 0 Å². The Morgan fingerprint density at radius 3 is 2.64 bits per heavy atom. The molecular weight excluding hydrogens is 198 g/mol. The van der Waals surface area contributed by atoms with Gasteiger partial charge in [-0.1, -0.05) is 0 Å². The molecule has 0 saturated heterocycles. The number of hydrogen-bond donors (Lipinski definition) is 0. The summed E-state index contributed by atoms with van der Waals surface area (Å²) in [5.41, 5.74) is 2.55. The van der Waals surface area contributed by atoms with Gasteiger partial charge in [-0.05, 0) is 24.3 Å². The molecule has 3 nitrogen and oxygen atoms in total. The average Bonchev–Trinajstić information content (AvgIpc) is 2.30. The SMILES string of the molecule is ClCc1ccc(-c2cccnc2)nn1. The largest absolute Gasteiger partial charge is 0.264 e. The van der Waals surface area contributed by atoms with Gasteiger partial charge in [-0.25, -0.2) is 0 Å². The summed E-state index contributed by atoms with van der Waals surface area (Å²) in [5.74, 6) is 0.389. The number of alkyl halides is 1. The number of hydrogen-bond acceptors (Lipinski definition) is 3. The maximum atomic E-state index is 5.61. The summed E-state index contributed by atoms with van der Waals surface area (Å²) in [5, 5.41) is 8.01. The lowest BCUT2D eigenvalue weighted by molar-refractivity contribution is 0.974. The fourth-order valence-electron chi connectivity index (χ4n) is 1.10. The molecule has 0 aliphatic rings. The monoisotopic (exact) mass is 205 g/mol. The van der Waals surface area contributed by atoms with Crippen LogP contribution in [0, 0.1) is 0 Å². The Labute approximate surface area is 86.8 Å². The Morgan fingerprint density at radius 2 is 2.07 bits per heavy atom. The maximum Gasteiger partial charge on any atom is 0.0945 e. The Hall–Kier alpha value is -1.48. The van der Waals surface area contributed by atoms with Gasteiger partial charge in [0.25, 0.3) is 0 Å². The van der Waals surface area contributed by atoms with Gasteiger partial charge in [0, 0.05) is 18.0 Å². The molecule has 0 saturated carbocycles. The molecule has 2 heterocycles. The predicted octanol–water partition coefficient (Wildman–Crippen LogP) is 2.28. The number of pyridine rings is 1. The molecule has 0 unspecified atom stereocenters. The van der Waals surface area contributed by atoms with E-state index in [1.54, 1.807) is 12.4 Å². The van der Waals surface area contributed by atoms with Gasteiger partial charge in [-0.2, -0.15) is 10.2 Å². The Kier molecular flexibility index (Phi) is 2.70. The number of halogens is 1. The summed E-state index contributed by atoms with van der Waals surface area (Å²) in [6.45, 7) is 0. The molecule has 0 N–H and O–H groups in total. The minimum atomic E-state index is 0.389.